The Kier molecular flexibility index (Phi) is 2.81. The van der Waals surface area contributed by atoms with Gasteiger partial charge in [-0.1, -0.05) is 18.2 Å². The highest BCUT2D eigenvalue weighted by atomic mass is 16.5. The minimum Gasteiger partial charge on any atom is -0.469 e. The van der Waals surface area contributed by atoms with Crippen LogP contribution in [0.5, 0.6) is 0 Å². The number of nitrogens with zero attached hydrogens (tertiary/aromatic N) is 1. The monoisotopic (exact) mass is 218 g/mol. The van der Waals surface area contributed by atoms with Gasteiger partial charge >= 0.3 is 0 Å². The number of Topliss-reactive ketones (excluding diaryl/α,β-unsaturated/α-hetero) is 1. The van der Waals surface area contributed by atoms with E-state index < -0.39 is 0 Å². The molecule has 84 valence electrons. The van der Waals surface area contributed by atoms with Gasteiger partial charge in [-0.05, 0) is 19.1 Å². The molecule has 0 amide bonds. The molecule has 0 radical (unpaired) electrons. The second-order valence-corrected chi connectivity index (χ2v) is 3.67. The van der Waals surface area contributed by atoms with Crippen LogP contribution in [0.1, 0.15) is 6.92 Å². The molecule has 0 aromatic heterocycles. The average Bonchev–Trinajstić information content (AvgIpc) is 2.62. The van der Waals surface area contributed by atoms with Gasteiger partial charge in [0.1, 0.15) is 0 Å². The van der Waals surface area contributed by atoms with Crippen LogP contribution in [-0.4, -0.2) is 19.4 Å². The molecule has 0 atom stereocenters. The number of carbonyl (C=O) groups excluding carboxylic acids is 1. The Morgan fingerprint density at radius 1 is 1.31 bits per heavy atom. The van der Waals surface area contributed by atoms with Crippen LogP contribution < -0.4 is 10.4 Å². The minimum atomic E-state index is 0.0314. The topological polar surface area (TPSA) is 41.6 Å². The normalized spacial score (nSPS) is 15.0. The fourth-order valence-electron chi connectivity index (χ4n) is 1.47. The maximum absolute atomic E-state index is 11.3. The lowest BCUT2D eigenvalue weighted by molar-refractivity contribution is -0.116. The Morgan fingerprint density at radius 2 is 2.00 bits per heavy atom. The van der Waals surface area contributed by atoms with Crippen molar-refractivity contribution in [3.63, 3.8) is 0 Å². The van der Waals surface area contributed by atoms with Gasteiger partial charge in [-0.15, -0.1) is 0 Å². The highest BCUT2D eigenvalue weighted by Gasteiger charge is 2.21. The maximum atomic E-state index is 11.3. The van der Waals surface area contributed by atoms with E-state index in [1.54, 1.807) is 6.92 Å². The highest BCUT2D eigenvalue weighted by molar-refractivity contribution is 5.98. The highest BCUT2D eigenvalue weighted by Crippen LogP contribution is 2.15. The van der Waals surface area contributed by atoms with Crippen molar-refractivity contribution in [3.8, 4) is 0 Å². The fraction of sp³-hybridized carbons (Fsp3) is 0.250. The molecule has 2 rings (SSSR count). The zero-order chi connectivity index (χ0) is 11.5. The van der Waals surface area contributed by atoms with Crippen molar-refractivity contribution in [1.82, 2.24) is 5.43 Å². The second kappa shape index (κ2) is 4.26. The zero-order valence-corrected chi connectivity index (χ0v) is 9.36. The van der Waals surface area contributed by atoms with Gasteiger partial charge in [-0.2, -0.15) is 0 Å². The number of hydrazine groups is 1. The van der Waals surface area contributed by atoms with Crippen LogP contribution in [0, 0.1) is 0 Å². The zero-order valence-electron chi connectivity index (χ0n) is 9.36. The third-order valence-electron chi connectivity index (χ3n) is 2.52. The molecule has 4 nitrogen and oxygen atoms in total. The average molecular weight is 218 g/mol. The number of hydrogen-bond acceptors (Lipinski definition) is 4. The van der Waals surface area contributed by atoms with E-state index in [-0.39, 0.29) is 12.4 Å². The molecular weight excluding hydrogens is 204 g/mol. The van der Waals surface area contributed by atoms with Crippen LogP contribution in [0.25, 0.3) is 0 Å². The van der Waals surface area contributed by atoms with Gasteiger partial charge in [0.25, 0.3) is 0 Å². The van der Waals surface area contributed by atoms with Gasteiger partial charge in [0.15, 0.2) is 6.61 Å². The van der Waals surface area contributed by atoms with Crippen LogP contribution >= 0.6 is 0 Å². The lowest BCUT2D eigenvalue weighted by atomic mass is 10.2. The molecular formula is C12H14N2O2. The first-order valence-corrected chi connectivity index (χ1v) is 5.11. The standard InChI is InChI=1S/C12H14N2O2/c1-9-11(15)8-16-12(9)13-14(2)10-6-4-3-5-7-10/h3-7,13H,8H2,1-2H3. The van der Waals surface area contributed by atoms with E-state index >= 15 is 0 Å². The third kappa shape index (κ3) is 2.00. The lowest BCUT2D eigenvalue weighted by Crippen LogP contribution is -2.34. The molecule has 1 N–H and O–H groups in total. The van der Waals surface area contributed by atoms with E-state index in [1.807, 2.05) is 42.4 Å². The molecule has 0 saturated heterocycles. The van der Waals surface area contributed by atoms with Gasteiger partial charge in [-0.3, -0.25) is 15.2 Å². The van der Waals surface area contributed by atoms with Gasteiger partial charge in [0.05, 0.1) is 11.3 Å². The smallest absolute Gasteiger partial charge is 0.213 e. The summed E-state index contributed by atoms with van der Waals surface area (Å²) in [6, 6.07) is 9.81. The molecule has 0 spiro atoms. The molecule has 0 unspecified atom stereocenters. The largest absolute Gasteiger partial charge is 0.469 e. The van der Waals surface area contributed by atoms with Crippen LogP contribution in [-0.2, 0) is 9.53 Å². The van der Waals surface area contributed by atoms with Gasteiger partial charge in [0, 0.05) is 7.05 Å². The number of rotatable bonds is 3. The first-order chi connectivity index (χ1) is 7.68. The number of nitrogens with one attached hydrogen (secondary N) is 1. The Labute approximate surface area is 94.5 Å². The number of ketones is 1. The molecule has 1 aliphatic heterocycles. The van der Waals surface area contributed by atoms with E-state index in [0.29, 0.717) is 11.5 Å². The molecule has 0 aliphatic carbocycles. The molecule has 0 fully saturated rings. The fourth-order valence-corrected chi connectivity index (χ4v) is 1.47. The van der Waals surface area contributed by atoms with Crippen LogP contribution in [0.4, 0.5) is 5.69 Å². The number of benzene rings is 1. The molecule has 1 aromatic rings. The summed E-state index contributed by atoms with van der Waals surface area (Å²) in [6.45, 7) is 1.90. The van der Waals surface area contributed by atoms with E-state index in [0.717, 1.165) is 5.69 Å². The lowest BCUT2D eigenvalue weighted by Gasteiger charge is -2.21. The summed E-state index contributed by atoms with van der Waals surface area (Å²) in [6.07, 6.45) is 0. The predicted molar refractivity (Wildman–Crippen MR) is 61.6 cm³/mol. The summed E-state index contributed by atoms with van der Waals surface area (Å²) < 4.78 is 5.25. The number of carbonyl (C=O) groups is 1. The third-order valence-corrected chi connectivity index (χ3v) is 2.52. The molecule has 16 heavy (non-hydrogen) atoms. The van der Waals surface area contributed by atoms with E-state index in [4.69, 9.17) is 4.74 Å². The molecule has 0 saturated carbocycles. The van der Waals surface area contributed by atoms with Crippen LogP contribution in [0.2, 0.25) is 0 Å². The summed E-state index contributed by atoms with van der Waals surface area (Å²) in [5, 5.41) is 1.82. The quantitative estimate of drug-likeness (QED) is 0.780. The Bertz CT molecular complexity index is 426. The summed E-state index contributed by atoms with van der Waals surface area (Å²) in [4.78, 5) is 11.3. The van der Waals surface area contributed by atoms with Crippen molar-refractivity contribution >= 4 is 11.5 Å². The summed E-state index contributed by atoms with van der Waals surface area (Å²) in [5.41, 5.74) is 4.69. The van der Waals surface area contributed by atoms with Crippen LogP contribution in [0.3, 0.4) is 0 Å². The minimum absolute atomic E-state index is 0.0314. The summed E-state index contributed by atoms with van der Waals surface area (Å²) >= 11 is 0. The van der Waals surface area contributed by atoms with Crippen molar-refractivity contribution in [2.45, 2.75) is 6.92 Å². The number of para-hydroxylation sites is 1. The van der Waals surface area contributed by atoms with Gasteiger partial charge < -0.3 is 4.74 Å². The van der Waals surface area contributed by atoms with Crippen LogP contribution in [0.15, 0.2) is 41.8 Å². The SMILES string of the molecule is CC1=C(NN(C)c2ccccc2)OCC1=O. The first kappa shape index (κ1) is 10.5. The number of hydrogen-bond donors (Lipinski definition) is 1. The molecule has 4 heteroatoms. The van der Waals surface area contributed by atoms with Crippen molar-refractivity contribution < 1.29 is 9.53 Å². The first-order valence-electron chi connectivity index (χ1n) is 5.11. The Hall–Kier alpha value is -1.97. The van der Waals surface area contributed by atoms with E-state index in [9.17, 15) is 4.79 Å². The number of ether oxygens (including phenoxy) is 1. The van der Waals surface area contributed by atoms with Gasteiger partial charge in [-0.25, -0.2) is 0 Å². The molecule has 1 aliphatic rings. The van der Waals surface area contributed by atoms with E-state index in [1.165, 1.54) is 0 Å². The van der Waals surface area contributed by atoms with Crippen molar-refractivity contribution in [3.05, 3.63) is 41.8 Å². The molecule has 1 heterocycles. The molecule has 1 aromatic carbocycles. The van der Waals surface area contributed by atoms with Crippen molar-refractivity contribution in [2.24, 2.45) is 0 Å². The summed E-state index contributed by atoms with van der Waals surface area (Å²) in [5.74, 6) is 0.570. The maximum Gasteiger partial charge on any atom is 0.213 e. The van der Waals surface area contributed by atoms with Crippen molar-refractivity contribution in [2.75, 3.05) is 18.7 Å². The predicted octanol–water partition coefficient (Wildman–Crippen LogP) is 1.46. The summed E-state index contributed by atoms with van der Waals surface area (Å²) in [7, 11) is 1.88. The Balaban J connectivity index is 2.09. The van der Waals surface area contributed by atoms with Gasteiger partial charge in [0.2, 0.25) is 11.7 Å². The second-order valence-electron chi connectivity index (χ2n) is 3.67. The number of anilines is 1. The molecule has 0 bridgehead atoms. The Morgan fingerprint density at radius 3 is 2.56 bits per heavy atom. The van der Waals surface area contributed by atoms with E-state index in [2.05, 4.69) is 5.43 Å². The van der Waals surface area contributed by atoms with Crippen molar-refractivity contribution in [1.29, 1.82) is 0 Å².